The highest BCUT2D eigenvalue weighted by Gasteiger charge is 2.30. The number of carbonyl (C=O) groups excluding carboxylic acids is 1. The zero-order chi connectivity index (χ0) is 18.8. The van der Waals surface area contributed by atoms with Crippen LogP contribution >= 0.6 is 0 Å². The normalized spacial score (nSPS) is 11.0. The van der Waals surface area contributed by atoms with Crippen LogP contribution < -0.4 is 4.74 Å². The minimum atomic E-state index is -0.482. The molecule has 0 fully saturated rings. The molecule has 0 spiro atoms. The topological polar surface area (TPSA) is 73.9 Å². The summed E-state index contributed by atoms with van der Waals surface area (Å²) in [4.78, 5) is 12.8. The summed E-state index contributed by atoms with van der Waals surface area (Å²) in [5.41, 5.74) is 3.93. The van der Waals surface area contributed by atoms with Crippen molar-refractivity contribution in [3.05, 3.63) is 95.1 Å². The SMILES string of the molecule is N#CC(C#N)=C1c2ccccc2-c2c(C(=O)Oc3ccccc3)cccc21. The van der Waals surface area contributed by atoms with E-state index in [-0.39, 0.29) is 5.57 Å². The lowest BCUT2D eigenvalue weighted by atomic mass is 9.97. The van der Waals surface area contributed by atoms with Crippen LogP contribution in [0.1, 0.15) is 21.5 Å². The Bertz CT molecular complexity index is 1160. The van der Waals surface area contributed by atoms with E-state index in [2.05, 4.69) is 0 Å². The van der Waals surface area contributed by atoms with Crippen LogP contribution in [0, 0.1) is 22.7 Å². The van der Waals surface area contributed by atoms with Gasteiger partial charge >= 0.3 is 5.97 Å². The zero-order valence-corrected chi connectivity index (χ0v) is 14.1. The van der Waals surface area contributed by atoms with Gasteiger partial charge in [-0.3, -0.25) is 0 Å². The van der Waals surface area contributed by atoms with Gasteiger partial charge in [0.05, 0.1) is 5.56 Å². The fraction of sp³-hybridized carbons (Fsp3) is 0. The summed E-state index contributed by atoms with van der Waals surface area (Å²) < 4.78 is 5.50. The Morgan fingerprint density at radius 3 is 2.07 bits per heavy atom. The molecular formula is C23H12N2O2. The number of fused-ring (bicyclic) bond motifs is 3. The van der Waals surface area contributed by atoms with Crippen LogP contribution in [0.25, 0.3) is 16.7 Å². The summed E-state index contributed by atoms with van der Waals surface area (Å²) in [5.74, 6) is -0.0264. The Morgan fingerprint density at radius 2 is 1.37 bits per heavy atom. The molecule has 27 heavy (non-hydrogen) atoms. The molecule has 0 radical (unpaired) electrons. The molecule has 0 unspecified atom stereocenters. The Morgan fingerprint density at radius 1 is 0.741 bits per heavy atom. The second kappa shape index (κ2) is 6.63. The van der Waals surface area contributed by atoms with Gasteiger partial charge in [0.2, 0.25) is 0 Å². The Labute approximate surface area is 156 Å². The Hall–Kier alpha value is -4.15. The molecule has 4 nitrogen and oxygen atoms in total. The summed E-state index contributed by atoms with van der Waals surface area (Å²) in [6.45, 7) is 0. The van der Waals surface area contributed by atoms with Gasteiger partial charge in [-0.1, -0.05) is 54.6 Å². The largest absolute Gasteiger partial charge is 0.423 e. The van der Waals surface area contributed by atoms with E-state index < -0.39 is 5.97 Å². The quantitative estimate of drug-likeness (QED) is 0.298. The lowest BCUT2D eigenvalue weighted by molar-refractivity contribution is 0.0735. The van der Waals surface area contributed by atoms with Crippen LogP contribution in [0.4, 0.5) is 0 Å². The number of benzene rings is 3. The van der Waals surface area contributed by atoms with Gasteiger partial charge in [-0.15, -0.1) is 0 Å². The van der Waals surface area contributed by atoms with Crippen molar-refractivity contribution in [1.29, 1.82) is 10.5 Å². The molecule has 0 amide bonds. The molecule has 0 N–H and O–H groups in total. The highest BCUT2D eigenvalue weighted by Crippen LogP contribution is 2.47. The average Bonchev–Trinajstić information content (AvgIpc) is 3.05. The zero-order valence-electron chi connectivity index (χ0n) is 14.1. The Kier molecular flexibility index (Phi) is 4.01. The Balaban J connectivity index is 1.92. The molecule has 0 saturated carbocycles. The first-order chi connectivity index (χ1) is 13.2. The molecule has 1 aliphatic rings. The molecule has 0 heterocycles. The lowest BCUT2D eigenvalue weighted by Crippen LogP contribution is -2.10. The van der Waals surface area contributed by atoms with Crippen LogP contribution in [0.3, 0.4) is 0 Å². The van der Waals surface area contributed by atoms with Gasteiger partial charge in [-0.05, 0) is 34.9 Å². The maximum atomic E-state index is 12.8. The highest BCUT2D eigenvalue weighted by atomic mass is 16.5. The summed E-state index contributed by atoms with van der Waals surface area (Å²) in [5, 5.41) is 18.8. The van der Waals surface area contributed by atoms with E-state index in [1.807, 2.05) is 48.5 Å². The van der Waals surface area contributed by atoms with E-state index >= 15 is 0 Å². The van der Waals surface area contributed by atoms with Crippen molar-refractivity contribution in [3.8, 4) is 29.0 Å². The van der Waals surface area contributed by atoms with Gasteiger partial charge in [-0.25, -0.2) is 4.79 Å². The van der Waals surface area contributed by atoms with Gasteiger partial charge in [0.1, 0.15) is 23.5 Å². The van der Waals surface area contributed by atoms with Crippen molar-refractivity contribution in [2.24, 2.45) is 0 Å². The number of allylic oxidation sites excluding steroid dienone is 1. The molecule has 4 rings (SSSR count). The van der Waals surface area contributed by atoms with E-state index in [0.29, 0.717) is 28.0 Å². The molecule has 0 atom stereocenters. The van der Waals surface area contributed by atoms with Crippen molar-refractivity contribution in [1.82, 2.24) is 0 Å². The highest BCUT2D eigenvalue weighted by molar-refractivity contribution is 6.10. The number of nitrogens with zero attached hydrogens (tertiary/aromatic N) is 2. The van der Waals surface area contributed by atoms with Crippen LogP contribution in [0.5, 0.6) is 5.75 Å². The third-order valence-corrected chi connectivity index (χ3v) is 4.45. The van der Waals surface area contributed by atoms with E-state index in [4.69, 9.17) is 4.74 Å². The first kappa shape index (κ1) is 16.3. The number of nitriles is 2. The third kappa shape index (κ3) is 2.66. The van der Waals surface area contributed by atoms with Crippen LogP contribution in [0.2, 0.25) is 0 Å². The predicted octanol–water partition coefficient (Wildman–Crippen LogP) is 4.74. The van der Waals surface area contributed by atoms with Gasteiger partial charge in [0, 0.05) is 11.1 Å². The van der Waals surface area contributed by atoms with Crippen molar-refractivity contribution >= 4 is 11.5 Å². The van der Waals surface area contributed by atoms with Crippen LogP contribution in [0.15, 0.2) is 78.4 Å². The molecule has 3 aromatic rings. The van der Waals surface area contributed by atoms with E-state index in [9.17, 15) is 15.3 Å². The number of hydrogen-bond acceptors (Lipinski definition) is 4. The monoisotopic (exact) mass is 348 g/mol. The van der Waals surface area contributed by atoms with E-state index in [1.54, 1.807) is 36.4 Å². The molecule has 0 aliphatic heterocycles. The smallest absolute Gasteiger partial charge is 0.344 e. The van der Waals surface area contributed by atoms with Gasteiger partial charge in [0.25, 0.3) is 0 Å². The molecule has 0 aromatic heterocycles. The number of ether oxygens (including phenoxy) is 1. The second-order valence-corrected chi connectivity index (χ2v) is 5.95. The summed E-state index contributed by atoms with van der Waals surface area (Å²) in [7, 11) is 0. The van der Waals surface area contributed by atoms with Crippen molar-refractivity contribution in [2.75, 3.05) is 0 Å². The summed E-state index contributed by atoms with van der Waals surface area (Å²) in [6.07, 6.45) is 0. The number of esters is 1. The first-order valence-electron chi connectivity index (χ1n) is 8.29. The van der Waals surface area contributed by atoms with Gasteiger partial charge in [-0.2, -0.15) is 10.5 Å². The number of carbonyl (C=O) groups is 1. The summed E-state index contributed by atoms with van der Waals surface area (Å²) in [6, 6.07) is 25.5. The third-order valence-electron chi connectivity index (χ3n) is 4.45. The summed E-state index contributed by atoms with van der Waals surface area (Å²) >= 11 is 0. The van der Waals surface area contributed by atoms with Crippen molar-refractivity contribution in [3.63, 3.8) is 0 Å². The average molecular weight is 348 g/mol. The molecule has 4 heteroatoms. The minimum absolute atomic E-state index is 0.0229. The fourth-order valence-corrected chi connectivity index (χ4v) is 3.34. The van der Waals surface area contributed by atoms with Gasteiger partial charge in [0.15, 0.2) is 0 Å². The van der Waals surface area contributed by atoms with Crippen LogP contribution in [-0.2, 0) is 0 Å². The molecular weight excluding hydrogens is 336 g/mol. The number of hydrogen-bond donors (Lipinski definition) is 0. The van der Waals surface area contributed by atoms with Gasteiger partial charge < -0.3 is 4.74 Å². The van der Waals surface area contributed by atoms with E-state index in [1.165, 1.54) is 0 Å². The number of para-hydroxylation sites is 1. The van der Waals surface area contributed by atoms with Crippen molar-refractivity contribution < 1.29 is 9.53 Å². The maximum Gasteiger partial charge on any atom is 0.344 e. The molecule has 126 valence electrons. The second-order valence-electron chi connectivity index (χ2n) is 5.95. The standard InChI is InChI=1S/C23H12N2O2/c24-13-15(14-25)21-17-9-4-5-10-18(17)22-19(21)11-6-12-20(22)23(26)27-16-7-2-1-3-8-16/h1-12H. The molecule has 1 aliphatic carbocycles. The number of rotatable bonds is 2. The first-order valence-corrected chi connectivity index (χ1v) is 8.29. The lowest BCUT2D eigenvalue weighted by Gasteiger charge is -2.09. The van der Waals surface area contributed by atoms with E-state index in [0.717, 1.165) is 11.1 Å². The molecule has 0 saturated heterocycles. The van der Waals surface area contributed by atoms with Crippen LogP contribution in [-0.4, -0.2) is 5.97 Å². The molecule has 3 aromatic carbocycles. The predicted molar refractivity (Wildman–Crippen MR) is 101 cm³/mol. The maximum absolute atomic E-state index is 12.8. The fourth-order valence-electron chi connectivity index (χ4n) is 3.34. The minimum Gasteiger partial charge on any atom is -0.423 e. The van der Waals surface area contributed by atoms with Crippen molar-refractivity contribution in [2.45, 2.75) is 0 Å². The molecule has 0 bridgehead atoms.